The van der Waals surface area contributed by atoms with Crippen molar-refractivity contribution in [1.82, 2.24) is 0 Å². The maximum absolute atomic E-state index is 15.0. The highest BCUT2D eigenvalue weighted by molar-refractivity contribution is 5.98. The van der Waals surface area contributed by atoms with Gasteiger partial charge in [-0.25, -0.2) is 0 Å². The fourth-order valence-corrected chi connectivity index (χ4v) is 8.87. The second-order valence-electron chi connectivity index (χ2n) is 14.4. The van der Waals surface area contributed by atoms with Gasteiger partial charge in [-0.3, -0.25) is 28.8 Å². The minimum absolute atomic E-state index is 0.0173. The molecule has 0 heterocycles. The number of carbonyl (C=O) groups is 6. The van der Waals surface area contributed by atoms with E-state index in [-0.39, 0.29) is 31.6 Å². The van der Waals surface area contributed by atoms with Gasteiger partial charge >= 0.3 is 29.8 Å². The molecule has 45 heavy (non-hydrogen) atoms. The standard InChI is InChI=1S/C33H48O12/c1-11-21(36)42-25-16(5)14-32(40)24(25)27(43-28(38)15(3)4)33(45-22(37)12-2)20(41-17(6)34)13-19-23(30(19,8)9)26(33)31(10,29(32)39)44-18(7)35/h15-16,19-20,23-27,40H,11-14H2,1-10H3/t16-,19-,20+,23-,24+,25-,26-,27+,31-,32+,33-/m0/s1. The highest BCUT2D eigenvalue weighted by atomic mass is 16.6. The molecule has 0 aromatic rings. The van der Waals surface area contributed by atoms with Gasteiger partial charge in [0.05, 0.1) is 17.8 Å². The molecular formula is C33H48O12. The molecule has 4 aliphatic carbocycles. The van der Waals surface area contributed by atoms with Crippen molar-refractivity contribution in [3.8, 4) is 0 Å². The van der Waals surface area contributed by atoms with Crippen molar-refractivity contribution < 1.29 is 57.6 Å². The van der Waals surface area contributed by atoms with Gasteiger partial charge in [-0.1, -0.05) is 48.5 Å². The first kappa shape index (κ1) is 34.8. The summed E-state index contributed by atoms with van der Waals surface area (Å²) < 4.78 is 30.5. The van der Waals surface area contributed by atoms with Crippen LogP contribution in [-0.4, -0.2) is 75.9 Å². The maximum Gasteiger partial charge on any atom is 0.308 e. The van der Waals surface area contributed by atoms with E-state index >= 15 is 4.79 Å². The third-order valence-corrected chi connectivity index (χ3v) is 10.8. The number of rotatable bonds is 8. The van der Waals surface area contributed by atoms with Crippen molar-refractivity contribution in [2.45, 2.75) is 130 Å². The van der Waals surface area contributed by atoms with Gasteiger partial charge in [0, 0.05) is 26.7 Å². The van der Waals surface area contributed by atoms with Gasteiger partial charge in [0.15, 0.2) is 17.3 Å². The molecule has 4 saturated carbocycles. The van der Waals surface area contributed by atoms with E-state index in [1.54, 1.807) is 34.6 Å². The van der Waals surface area contributed by atoms with Crippen LogP contribution in [0.25, 0.3) is 0 Å². The predicted octanol–water partition coefficient (Wildman–Crippen LogP) is 3.08. The number of fused-ring (bicyclic) bond motifs is 4. The molecule has 11 atom stereocenters. The van der Waals surface area contributed by atoms with Crippen molar-refractivity contribution in [2.24, 2.45) is 40.9 Å². The van der Waals surface area contributed by atoms with Gasteiger partial charge in [-0.2, -0.15) is 0 Å². The molecule has 0 aliphatic heterocycles. The molecule has 0 spiro atoms. The summed E-state index contributed by atoms with van der Waals surface area (Å²) in [6, 6.07) is 0. The first-order chi connectivity index (χ1) is 20.7. The minimum Gasteiger partial charge on any atom is -0.461 e. The van der Waals surface area contributed by atoms with E-state index in [1.165, 1.54) is 13.8 Å². The fraction of sp³-hybridized carbons (Fsp3) is 0.818. The fourth-order valence-electron chi connectivity index (χ4n) is 8.87. The molecule has 12 heteroatoms. The molecule has 1 N–H and O–H groups in total. The number of esters is 5. The van der Waals surface area contributed by atoms with Gasteiger partial charge in [-0.15, -0.1) is 0 Å². The monoisotopic (exact) mass is 636 g/mol. The molecule has 0 amide bonds. The average molecular weight is 637 g/mol. The summed E-state index contributed by atoms with van der Waals surface area (Å²) in [6.45, 7) is 15.6. The second-order valence-corrected chi connectivity index (χ2v) is 14.4. The smallest absolute Gasteiger partial charge is 0.308 e. The Morgan fingerprint density at radius 1 is 0.889 bits per heavy atom. The Labute approximate surface area is 264 Å². The predicted molar refractivity (Wildman–Crippen MR) is 156 cm³/mol. The van der Waals surface area contributed by atoms with Crippen molar-refractivity contribution in [2.75, 3.05) is 0 Å². The average Bonchev–Trinajstić information content (AvgIpc) is 3.37. The number of Topliss-reactive ketones (excluding diaryl/α,β-unsaturated/α-hetero) is 1. The lowest BCUT2D eigenvalue weighted by atomic mass is 9.62. The number of hydrogen-bond donors (Lipinski definition) is 1. The lowest BCUT2D eigenvalue weighted by Crippen LogP contribution is -2.71. The quantitative estimate of drug-likeness (QED) is 0.306. The first-order valence-electron chi connectivity index (χ1n) is 16.0. The summed E-state index contributed by atoms with van der Waals surface area (Å²) in [6.07, 6.45) is -4.34. The summed E-state index contributed by atoms with van der Waals surface area (Å²) in [5.41, 5.74) is -7.18. The number of ether oxygens (including phenoxy) is 5. The molecule has 4 rings (SSSR count). The molecule has 0 radical (unpaired) electrons. The van der Waals surface area contributed by atoms with Gasteiger partial charge in [-0.05, 0) is 42.9 Å². The second kappa shape index (κ2) is 11.7. The third-order valence-electron chi connectivity index (χ3n) is 10.8. The van der Waals surface area contributed by atoms with Gasteiger partial charge in [0.2, 0.25) is 5.78 Å². The van der Waals surface area contributed by atoms with Crippen molar-refractivity contribution in [3.05, 3.63) is 0 Å². The first-order valence-corrected chi connectivity index (χ1v) is 16.0. The topological polar surface area (TPSA) is 169 Å². The zero-order valence-corrected chi connectivity index (χ0v) is 28.0. The van der Waals surface area contributed by atoms with Crippen LogP contribution in [0.2, 0.25) is 0 Å². The molecule has 0 bridgehead atoms. The Morgan fingerprint density at radius 3 is 2.00 bits per heavy atom. The Hall–Kier alpha value is -3.02. The summed E-state index contributed by atoms with van der Waals surface area (Å²) in [4.78, 5) is 80.5. The van der Waals surface area contributed by atoms with Crippen LogP contribution in [-0.2, 0) is 52.5 Å². The summed E-state index contributed by atoms with van der Waals surface area (Å²) in [7, 11) is 0. The highest BCUT2D eigenvalue weighted by Crippen LogP contribution is 2.74. The molecular weight excluding hydrogens is 588 g/mol. The van der Waals surface area contributed by atoms with Crippen LogP contribution < -0.4 is 0 Å². The molecule has 0 aromatic heterocycles. The molecule has 0 aromatic carbocycles. The number of ketones is 1. The van der Waals surface area contributed by atoms with E-state index < -0.39 is 106 Å². The SMILES string of the molecule is CCC(=O)O[C@@H]1[C@@H]2[C@@H](OC(=O)C(C)C)[C@@]3(OC(=O)CC)[C@@H]([C@@H]4[C@H](C[C@H]3OC(C)=O)C4(C)C)[C@](C)(OC(C)=O)C(=O)[C@@]2(O)C[C@@H]1C. The zero-order valence-electron chi connectivity index (χ0n) is 28.0. The summed E-state index contributed by atoms with van der Waals surface area (Å²) in [5.74, 6) is -9.23. The van der Waals surface area contributed by atoms with Crippen LogP contribution >= 0.6 is 0 Å². The maximum atomic E-state index is 15.0. The van der Waals surface area contributed by atoms with E-state index in [0.29, 0.717) is 0 Å². The lowest BCUT2D eigenvalue weighted by Gasteiger charge is -2.54. The van der Waals surface area contributed by atoms with E-state index in [2.05, 4.69) is 0 Å². The molecule has 252 valence electrons. The summed E-state index contributed by atoms with van der Waals surface area (Å²) in [5, 5.41) is 12.6. The number of hydrogen-bond acceptors (Lipinski definition) is 12. The molecule has 4 fully saturated rings. The third kappa shape index (κ3) is 5.34. The zero-order chi connectivity index (χ0) is 34.0. The Morgan fingerprint density at radius 2 is 1.49 bits per heavy atom. The Balaban J connectivity index is 2.18. The lowest BCUT2D eigenvalue weighted by molar-refractivity contribution is -0.268. The van der Waals surface area contributed by atoms with Crippen LogP contribution in [0.15, 0.2) is 0 Å². The molecule has 0 unspecified atom stereocenters. The molecule has 12 nitrogen and oxygen atoms in total. The van der Waals surface area contributed by atoms with Gasteiger partial charge in [0.25, 0.3) is 0 Å². The van der Waals surface area contributed by atoms with Gasteiger partial charge < -0.3 is 28.8 Å². The van der Waals surface area contributed by atoms with E-state index in [1.807, 2.05) is 13.8 Å². The van der Waals surface area contributed by atoms with Crippen LogP contribution in [0.3, 0.4) is 0 Å². The van der Waals surface area contributed by atoms with Crippen LogP contribution in [0.1, 0.15) is 94.9 Å². The normalized spacial score (nSPS) is 41.0. The minimum atomic E-state index is -2.37. The Kier molecular flexibility index (Phi) is 9.02. The van der Waals surface area contributed by atoms with Gasteiger partial charge in [0.1, 0.15) is 17.8 Å². The summed E-state index contributed by atoms with van der Waals surface area (Å²) >= 11 is 0. The van der Waals surface area contributed by atoms with Crippen molar-refractivity contribution in [3.63, 3.8) is 0 Å². The van der Waals surface area contributed by atoms with E-state index in [4.69, 9.17) is 23.7 Å². The van der Waals surface area contributed by atoms with Crippen molar-refractivity contribution >= 4 is 35.6 Å². The Bertz CT molecular complexity index is 1270. The molecule has 4 aliphatic rings. The van der Waals surface area contributed by atoms with E-state index in [9.17, 15) is 29.1 Å². The van der Waals surface area contributed by atoms with Crippen LogP contribution in [0.5, 0.6) is 0 Å². The number of aliphatic hydroxyl groups is 1. The van der Waals surface area contributed by atoms with Crippen LogP contribution in [0, 0.1) is 40.9 Å². The number of carbonyl (C=O) groups excluding carboxylic acids is 6. The molecule has 0 saturated heterocycles. The highest BCUT2D eigenvalue weighted by Gasteiger charge is 2.85. The van der Waals surface area contributed by atoms with E-state index in [0.717, 1.165) is 6.92 Å². The largest absolute Gasteiger partial charge is 0.461 e. The van der Waals surface area contributed by atoms with Crippen LogP contribution in [0.4, 0.5) is 0 Å². The van der Waals surface area contributed by atoms with Crippen molar-refractivity contribution in [1.29, 1.82) is 0 Å².